The quantitative estimate of drug-likeness (QED) is 0.764. The van der Waals surface area contributed by atoms with Crippen molar-refractivity contribution in [3.8, 4) is 0 Å². The largest absolute Gasteiger partial charge is 0.466 e. The van der Waals surface area contributed by atoms with Crippen LogP contribution in [0.15, 0.2) is 41.6 Å². The first kappa shape index (κ1) is 13.3. The van der Waals surface area contributed by atoms with E-state index in [0.717, 1.165) is 5.56 Å². The Balaban J connectivity index is 2.52. The summed E-state index contributed by atoms with van der Waals surface area (Å²) in [5.41, 5.74) is 2.19. The fourth-order valence-corrected chi connectivity index (χ4v) is 2.40. The lowest BCUT2D eigenvalue weighted by Crippen LogP contribution is -2.35. The molecule has 0 saturated carbocycles. The summed E-state index contributed by atoms with van der Waals surface area (Å²) in [5, 5.41) is 0. The second-order valence-corrected chi connectivity index (χ2v) is 4.61. The molecule has 0 spiro atoms. The van der Waals surface area contributed by atoms with E-state index in [1.165, 1.54) is 12.0 Å². The molecule has 1 aliphatic rings. The van der Waals surface area contributed by atoms with Crippen molar-refractivity contribution in [3.05, 3.63) is 47.2 Å². The molecule has 0 aromatic heterocycles. The van der Waals surface area contributed by atoms with Crippen LogP contribution in [0.1, 0.15) is 24.8 Å². The van der Waals surface area contributed by atoms with Crippen molar-refractivity contribution in [2.24, 2.45) is 0 Å². The van der Waals surface area contributed by atoms with Crippen LogP contribution in [-0.2, 0) is 14.3 Å². The van der Waals surface area contributed by atoms with Gasteiger partial charge in [0.2, 0.25) is 5.91 Å². The second-order valence-electron chi connectivity index (χ2n) is 4.61. The van der Waals surface area contributed by atoms with Crippen molar-refractivity contribution in [2.45, 2.75) is 19.3 Å². The summed E-state index contributed by atoms with van der Waals surface area (Å²) in [6.07, 6.45) is 0.294. The molecule has 0 unspecified atom stereocenters. The van der Waals surface area contributed by atoms with Gasteiger partial charge in [-0.25, -0.2) is 4.79 Å². The molecule has 0 bridgehead atoms. The molecule has 0 aliphatic carbocycles. The van der Waals surface area contributed by atoms with Gasteiger partial charge in [0.15, 0.2) is 0 Å². The Morgan fingerprint density at radius 2 is 1.95 bits per heavy atom. The van der Waals surface area contributed by atoms with Crippen LogP contribution in [0.4, 0.5) is 0 Å². The minimum absolute atomic E-state index is 0.0130. The molecule has 1 aromatic carbocycles. The number of esters is 1. The van der Waals surface area contributed by atoms with Crippen LogP contribution in [0.3, 0.4) is 0 Å². The molecular weight excluding hydrogens is 242 g/mol. The van der Waals surface area contributed by atoms with E-state index >= 15 is 0 Å². The van der Waals surface area contributed by atoms with E-state index in [4.69, 9.17) is 4.74 Å². The molecule has 1 aliphatic heterocycles. The van der Waals surface area contributed by atoms with Crippen molar-refractivity contribution in [1.29, 1.82) is 0 Å². The topological polar surface area (TPSA) is 46.6 Å². The fraction of sp³-hybridized carbons (Fsp3) is 0.333. The molecule has 100 valence electrons. The number of hydrogen-bond acceptors (Lipinski definition) is 3. The van der Waals surface area contributed by atoms with E-state index < -0.39 is 0 Å². The third-order valence-corrected chi connectivity index (χ3v) is 3.60. The Bertz CT molecular complexity index is 534. The van der Waals surface area contributed by atoms with Gasteiger partial charge in [0, 0.05) is 25.1 Å². The molecule has 4 nitrogen and oxygen atoms in total. The molecule has 2 rings (SSSR count). The number of nitrogens with zero attached hydrogens (tertiary/aromatic N) is 1. The van der Waals surface area contributed by atoms with Crippen LogP contribution in [0, 0.1) is 0 Å². The van der Waals surface area contributed by atoms with Gasteiger partial charge >= 0.3 is 5.97 Å². The minimum atomic E-state index is -0.370. The number of ether oxygens (including phenoxy) is 1. The number of hydrogen-bond donors (Lipinski definition) is 0. The predicted molar refractivity (Wildman–Crippen MR) is 71.3 cm³/mol. The summed E-state index contributed by atoms with van der Waals surface area (Å²) >= 11 is 0. The van der Waals surface area contributed by atoms with Crippen LogP contribution >= 0.6 is 0 Å². The van der Waals surface area contributed by atoms with Crippen LogP contribution in [0.2, 0.25) is 0 Å². The number of rotatable bonds is 2. The van der Waals surface area contributed by atoms with Crippen molar-refractivity contribution in [2.75, 3.05) is 14.2 Å². The van der Waals surface area contributed by atoms with Gasteiger partial charge in [-0.3, -0.25) is 4.79 Å². The standard InChI is InChI=1S/C15H17NO3/c1-10-14(15(18)19-3)12(9-13(17)16(10)2)11-7-5-4-6-8-11/h4-8,12H,9H2,1-3H3/t12-/m0/s1. The van der Waals surface area contributed by atoms with Crippen molar-refractivity contribution in [3.63, 3.8) is 0 Å². The monoisotopic (exact) mass is 259 g/mol. The van der Waals surface area contributed by atoms with Gasteiger partial charge in [-0.05, 0) is 12.5 Å². The van der Waals surface area contributed by atoms with E-state index in [9.17, 15) is 9.59 Å². The van der Waals surface area contributed by atoms with Crippen LogP contribution in [-0.4, -0.2) is 30.9 Å². The summed E-state index contributed by atoms with van der Waals surface area (Å²) in [6.45, 7) is 1.78. The molecule has 1 atom stereocenters. The van der Waals surface area contributed by atoms with Crippen molar-refractivity contribution in [1.82, 2.24) is 4.90 Å². The maximum absolute atomic E-state index is 12.0. The lowest BCUT2D eigenvalue weighted by Gasteiger charge is -2.31. The third kappa shape index (κ3) is 2.38. The highest BCUT2D eigenvalue weighted by Crippen LogP contribution is 2.36. The Labute approximate surface area is 112 Å². The number of allylic oxidation sites excluding steroid dienone is 1. The Kier molecular flexibility index (Phi) is 3.69. The highest BCUT2D eigenvalue weighted by atomic mass is 16.5. The van der Waals surface area contributed by atoms with E-state index in [0.29, 0.717) is 17.7 Å². The normalized spacial score (nSPS) is 19.6. The molecule has 1 amide bonds. The maximum atomic E-state index is 12.0. The lowest BCUT2D eigenvalue weighted by atomic mass is 9.84. The first-order valence-electron chi connectivity index (χ1n) is 6.16. The predicted octanol–water partition coefficient (Wildman–Crippen LogP) is 2.08. The zero-order valence-corrected chi connectivity index (χ0v) is 11.3. The molecule has 1 aromatic rings. The van der Waals surface area contributed by atoms with E-state index in [-0.39, 0.29) is 17.8 Å². The summed E-state index contributed by atoms with van der Waals surface area (Å²) in [7, 11) is 3.04. The van der Waals surface area contributed by atoms with Gasteiger partial charge in [-0.1, -0.05) is 30.3 Å². The Morgan fingerprint density at radius 3 is 2.53 bits per heavy atom. The second kappa shape index (κ2) is 5.26. The Hall–Kier alpha value is -2.10. The number of amides is 1. The van der Waals surface area contributed by atoms with Crippen LogP contribution in [0.25, 0.3) is 0 Å². The van der Waals surface area contributed by atoms with Gasteiger partial charge in [0.25, 0.3) is 0 Å². The molecule has 0 fully saturated rings. The average Bonchev–Trinajstić information content (AvgIpc) is 2.44. The first-order chi connectivity index (χ1) is 9.06. The minimum Gasteiger partial charge on any atom is -0.466 e. The average molecular weight is 259 g/mol. The zero-order valence-electron chi connectivity index (χ0n) is 11.3. The van der Waals surface area contributed by atoms with Crippen LogP contribution in [0.5, 0.6) is 0 Å². The molecule has 4 heteroatoms. The molecular formula is C15H17NO3. The SMILES string of the molecule is COC(=O)C1=C(C)N(C)C(=O)C[C@H]1c1ccccc1. The number of carbonyl (C=O) groups excluding carboxylic acids is 2. The highest BCUT2D eigenvalue weighted by Gasteiger charge is 2.34. The molecule has 0 radical (unpaired) electrons. The van der Waals surface area contributed by atoms with Gasteiger partial charge in [0.1, 0.15) is 0 Å². The molecule has 0 saturated heterocycles. The first-order valence-corrected chi connectivity index (χ1v) is 6.16. The number of benzene rings is 1. The molecule has 1 heterocycles. The van der Waals surface area contributed by atoms with E-state index in [1.807, 2.05) is 30.3 Å². The fourth-order valence-electron chi connectivity index (χ4n) is 2.40. The third-order valence-electron chi connectivity index (χ3n) is 3.60. The van der Waals surface area contributed by atoms with Gasteiger partial charge < -0.3 is 9.64 Å². The van der Waals surface area contributed by atoms with E-state index in [1.54, 1.807) is 14.0 Å². The highest BCUT2D eigenvalue weighted by molar-refractivity contribution is 5.95. The van der Waals surface area contributed by atoms with Crippen molar-refractivity contribution >= 4 is 11.9 Å². The summed E-state index contributed by atoms with van der Waals surface area (Å²) in [5.74, 6) is -0.581. The summed E-state index contributed by atoms with van der Waals surface area (Å²) in [6, 6.07) is 9.58. The Morgan fingerprint density at radius 1 is 1.32 bits per heavy atom. The summed E-state index contributed by atoms with van der Waals surface area (Å²) < 4.78 is 4.86. The van der Waals surface area contributed by atoms with Gasteiger partial charge in [-0.15, -0.1) is 0 Å². The molecule has 0 N–H and O–H groups in total. The molecule has 19 heavy (non-hydrogen) atoms. The number of methoxy groups -OCH3 is 1. The smallest absolute Gasteiger partial charge is 0.336 e. The number of carbonyl (C=O) groups is 2. The van der Waals surface area contributed by atoms with Crippen molar-refractivity contribution < 1.29 is 14.3 Å². The van der Waals surface area contributed by atoms with Gasteiger partial charge in [0.05, 0.1) is 12.7 Å². The summed E-state index contributed by atoms with van der Waals surface area (Å²) in [4.78, 5) is 25.5. The lowest BCUT2D eigenvalue weighted by molar-refractivity contribution is -0.137. The van der Waals surface area contributed by atoms with Crippen LogP contribution < -0.4 is 0 Å². The zero-order chi connectivity index (χ0) is 14.0. The van der Waals surface area contributed by atoms with Gasteiger partial charge in [-0.2, -0.15) is 0 Å². The van der Waals surface area contributed by atoms with E-state index in [2.05, 4.69) is 0 Å². The maximum Gasteiger partial charge on any atom is 0.336 e.